The van der Waals surface area contributed by atoms with Gasteiger partial charge in [-0.3, -0.25) is 0 Å². The van der Waals surface area contributed by atoms with E-state index in [0.29, 0.717) is 17.9 Å². The second-order valence-corrected chi connectivity index (χ2v) is 9.55. The minimum absolute atomic E-state index is 0.217. The molecule has 2 atom stereocenters. The van der Waals surface area contributed by atoms with Crippen molar-refractivity contribution in [2.24, 2.45) is 5.41 Å². The normalized spacial score (nSPS) is 18.7. The largest absolute Gasteiger partial charge is 0.493 e. The van der Waals surface area contributed by atoms with E-state index in [1.165, 1.54) is 0 Å². The van der Waals surface area contributed by atoms with E-state index in [1.807, 2.05) is 37.3 Å². The lowest BCUT2D eigenvalue weighted by atomic mass is 9.70. The summed E-state index contributed by atoms with van der Waals surface area (Å²) in [5, 5.41) is 12.1. The molecule has 0 bridgehead atoms. The molecule has 1 heterocycles. The molecule has 4 heteroatoms. The van der Waals surface area contributed by atoms with Crippen LogP contribution in [0.3, 0.4) is 0 Å². The lowest BCUT2D eigenvalue weighted by Gasteiger charge is -2.45. The molecule has 4 nitrogen and oxygen atoms in total. The van der Waals surface area contributed by atoms with Crippen molar-refractivity contribution in [2.45, 2.75) is 45.8 Å². The van der Waals surface area contributed by atoms with E-state index in [4.69, 9.17) is 14.2 Å². The molecule has 2 unspecified atom stereocenters. The molecular formula is C28H32O4. The molecule has 4 rings (SSSR count). The number of aliphatic hydroxyl groups excluding tert-OH is 1. The van der Waals surface area contributed by atoms with E-state index < -0.39 is 11.7 Å². The van der Waals surface area contributed by atoms with E-state index in [-0.39, 0.29) is 5.41 Å². The van der Waals surface area contributed by atoms with Crippen LogP contribution in [-0.4, -0.2) is 25.4 Å². The Morgan fingerprint density at radius 2 is 1.66 bits per heavy atom. The molecule has 3 aromatic rings. The number of benzene rings is 3. The fourth-order valence-corrected chi connectivity index (χ4v) is 4.62. The lowest BCUT2D eigenvalue weighted by Crippen LogP contribution is -2.45. The molecule has 3 aromatic carbocycles. The van der Waals surface area contributed by atoms with E-state index >= 15 is 0 Å². The number of hydrogen-bond donors (Lipinski definition) is 1. The third-order valence-corrected chi connectivity index (χ3v) is 6.30. The number of methoxy groups -OCH3 is 2. The monoisotopic (exact) mass is 432 g/mol. The van der Waals surface area contributed by atoms with E-state index in [9.17, 15) is 5.11 Å². The van der Waals surface area contributed by atoms with Crippen LogP contribution in [0.15, 0.2) is 54.6 Å². The van der Waals surface area contributed by atoms with Crippen molar-refractivity contribution in [3.8, 4) is 17.2 Å². The highest BCUT2D eigenvalue weighted by Crippen LogP contribution is 2.51. The van der Waals surface area contributed by atoms with Gasteiger partial charge in [0.15, 0.2) is 17.1 Å². The van der Waals surface area contributed by atoms with Crippen molar-refractivity contribution in [3.63, 3.8) is 0 Å². The molecule has 0 amide bonds. The molecule has 0 spiro atoms. The summed E-state index contributed by atoms with van der Waals surface area (Å²) in [6.07, 6.45) is 4.40. The highest BCUT2D eigenvalue weighted by Gasteiger charge is 2.46. The first-order valence-corrected chi connectivity index (χ1v) is 11.0. The van der Waals surface area contributed by atoms with E-state index in [0.717, 1.165) is 33.2 Å². The van der Waals surface area contributed by atoms with Crippen molar-refractivity contribution >= 4 is 16.8 Å². The Balaban J connectivity index is 2.03. The minimum Gasteiger partial charge on any atom is -0.493 e. The smallest absolute Gasteiger partial charge is 0.161 e. The first-order valence-electron chi connectivity index (χ1n) is 11.0. The van der Waals surface area contributed by atoms with Crippen molar-refractivity contribution in [1.82, 2.24) is 0 Å². The standard InChI is InChI=1S/C28H32O4/c1-18(29)14-19-15-20-16-24(30-5)25(31-6)17-23(20)26-22(19)12-13-28(32-26,27(2,3)4)21-10-8-7-9-11-21/h7-13,15-18,29H,14H2,1-6H3. The first-order chi connectivity index (χ1) is 15.2. The summed E-state index contributed by atoms with van der Waals surface area (Å²) in [5.41, 5.74) is 2.28. The maximum Gasteiger partial charge on any atom is 0.161 e. The molecule has 0 aliphatic carbocycles. The Hall–Kier alpha value is -2.98. The molecule has 0 radical (unpaired) electrons. The highest BCUT2D eigenvalue weighted by molar-refractivity contribution is 5.96. The summed E-state index contributed by atoms with van der Waals surface area (Å²) in [6, 6.07) is 16.4. The summed E-state index contributed by atoms with van der Waals surface area (Å²) < 4.78 is 18.2. The first kappa shape index (κ1) is 22.2. The fourth-order valence-electron chi connectivity index (χ4n) is 4.62. The fraction of sp³-hybridized carbons (Fsp3) is 0.357. The lowest BCUT2D eigenvalue weighted by molar-refractivity contribution is 0.00623. The van der Waals surface area contributed by atoms with E-state index in [2.05, 4.69) is 51.1 Å². The predicted molar refractivity (Wildman–Crippen MR) is 130 cm³/mol. The van der Waals surface area contributed by atoms with Crippen LogP contribution in [0.5, 0.6) is 17.2 Å². The van der Waals surface area contributed by atoms with Gasteiger partial charge < -0.3 is 19.3 Å². The van der Waals surface area contributed by atoms with Crippen molar-refractivity contribution < 1.29 is 19.3 Å². The molecular weight excluding hydrogens is 400 g/mol. The van der Waals surface area contributed by atoms with Gasteiger partial charge in [-0.2, -0.15) is 0 Å². The number of hydrogen-bond acceptors (Lipinski definition) is 4. The summed E-state index contributed by atoms with van der Waals surface area (Å²) >= 11 is 0. The summed E-state index contributed by atoms with van der Waals surface area (Å²) in [6.45, 7) is 8.39. The van der Waals surface area contributed by atoms with Gasteiger partial charge in [0.05, 0.1) is 20.3 Å². The summed E-state index contributed by atoms with van der Waals surface area (Å²) in [7, 11) is 3.28. The molecule has 0 saturated heterocycles. The Kier molecular flexibility index (Phi) is 5.68. The van der Waals surface area contributed by atoms with Crippen molar-refractivity contribution in [1.29, 1.82) is 0 Å². The quantitative estimate of drug-likeness (QED) is 0.527. The van der Waals surface area contributed by atoms with E-state index in [1.54, 1.807) is 14.2 Å². The molecule has 168 valence electrons. The van der Waals surface area contributed by atoms with Gasteiger partial charge >= 0.3 is 0 Å². The second-order valence-electron chi connectivity index (χ2n) is 9.55. The molecule has 0 fully saturated rings. The number of ether oxygens (including phenoxy) is 3. The predicted octanol–water partition coefficient (Wildman–Crippen LogP) is 6.13. The van der Waals surface area contributed by atoms with Crippen LogP contribution < -0.4 is 14.2 Å². The Morgan fingerprint density at radius 1 is 1.00 bits per heavy atom. The minimum atomic E-state index is -0.648. The SMILES string of the molecule is COc1cc2cc(CC(C)O)c3c(c2cc1OC)OC(c1ccccc1)(C(C)(C)C)C=C3. The number of rotatable bonds is 5. The zero-order valence-corrected chi connectivity index (χ0v) is 19.7. The van der Waals surface area contributed by atoms with Crippen LogP contribution in [0.25, 0.3) is 16.8 Å². The molecule has 1 N–H and O–H groups in total. The van der Waals surface area contributed by atoms with Gasteiger partial charge in [0.25, 0.3) is 0 Å². The second kappa shape index (κ2) is 8.18. The van der Waals surface area contributed by atoms with Gasteiger partial charge in [-0.05, 0) is 48.1 Å². The van der Waals surface area contributed by atoms with Crippen LogP contribution in [0.4, 0.5) is 0 Å². The highest BCUT2D eigenvalue weighted by atomic mass is 16.5. The molecule has 32 heavy (non-hydrogen) atoms. The van der Waals surface area contributed by atoms with Crippen LogP contribution >= 0.6 is 0 Å². The topological polar surface area (TPSA) is 47.9 Å². The van der Waals surface area contributed by atoms with Crippen LogP contribution in [0, 0.1) is 5.41 Å². The maximum atomic E-state index is 10.2. The number of fused-ring (bicyclic) bond motifs is 3. The van der Waals surface area contributed by atoms with Crippen molar-refractivity contribution in [3.05, 3.63) is 71.3 Å². The molecule has 0 saturated carbocycles. The van der Waals surface area contributed by atoms with Crippen molar-refractivity contribution in [2.75, 3.05) is 14.2 Å². The molecule has 0 aromatic heterocycles. The Bertz CT molecular complexity index is 1160. The van der Waals surface area contributed by atoms with Gasteiger partial charge in [0, 0.05) is 16.4 Å². The average molecular weight is 433 g/mol. The third kappa shape index (κ3) is 3.63. The van der Waals surface area contributed by atoms with Gasteiger partial charge in [-0.25, -0.2) is 0 Å². The molecule has 1 aliphatic heterocycles. The zero-order chi connectivity index (χ0) is 23.1. The summed E-state index contributed by atoms with van der Waals surface area (Å²) in [4.78, 5) is 0. The van der Waals surface area contributed by atoms with Crippen LogP contribution in [0.2, 0.25) is 0 Å². The average Bonchev–Trinajstić information content (AvgIpc) is 2.77. The molecule has 1 aliphatic rings. The van der Waals surface area contributed by atoms with Gasteiger partial charge in [-0.1, -0.05) is 63.2 Å². The van der Waals surface area contributed by atoms with Gasteiger partial charge in [-0.15, -0.1) is 0 Å². The third-order valence-electron chi connectivity index (χ3n) is 6.30. The Morgan fingerprint density at radius 3 is 2.25 bits per heavy atom. The van der Waals surface area contributed by atoms with Gasteiger partial charge in [0.1, 0.15) is 5.75 Å². The van der Waals surface area contributed by atoms with Crippen LogP contribution in [0.1, 0.15) is 44.4 Å². The Labute approximate surface area is 190 Å². The number of aliphatic hydroxyl groups is 1. The van der Waals surface area contributed by atoms with Gasteiger partial charge in [0.2, 0.25) is 0 Å². The van der Waals surface area contributed by atoms with Crippen LogP contribution in [-0.2, 0) is 12.0 Å². The zero-order valence-electron chi connectivity index (χ0n) is 19.7. The summed E-state index contributed by atoms with van der Waals surface area (Å²) in [5.74, 6) is 2.13. The maximum absolute atomic E-state index is 10.2.